The van der Waals surface area contributed by atoms with Crippen LogP contribution >= 0.6 is 0 Å². The van der Waals surface area contributed by atoms with Crippen LogP contribution in [0.1, 0.15) is 19.4 Å². The highest BCUT2D eigenvalue weighted by Crippen LogP contribution is 2.17. The summed E-state index contributed by atoms with van der Waals surface area (Å²) in [5.41, 5.74) is 1.38. The molecule has 0 N–H and O–H groups in total. The molecule has 1 aromatic rings. The molecule has 88 valence electrons. The highest BCUT2D eigenvalue weighted by Gasteiger charge is 2.13. The highest BCUT2D eigenvalue weighted by molar-refractivity contribution is 6.01. The fourth-order valence-electron chi connectivity index (χ4n) is 1.51. The summed E-state index contributed by atoms with van der Waals surface area (Å²) >= 11 is 0. The Hall–Kier alpha value is -2.08. The first-order chi connectivity index (χ1) is 8.08. The number of nitriles is 1. The third-order valence-electron chi connectivity index (χ3n) is 2.30. The maximum atomic E-state index is 11.7. The van der Waals surface area contributed by atoms with Crippen molar-refractivity contribution in [2.75, 3.05) is 11.4 Å². The minimum atomic E-state index is -0.122. The van der Waals surface area contributed by atoms with E-state index in [1.54, 1.807) is 29.2 Å². The first-order valence-electron chi connectivity index (χ1n) is 5.52. The van der Waals surface area contributed by atoms with Crippen molar-refractivity contribution in [1.29, 1.82) is 5.26 Å². The largest absolute Gasteiger partial charge is 0.309 e. The van der Waals surface area contributed by atoms with Crippen molar-refractivity contribution in [2.24, 2.45) is 5.92 Å². The van der Waals surface area contributed by atoms with Gasteiger partial charge in [-0.1, -0.05) is 20.4 Å². The monoisotopic (exact) mass is 228 g/mol. The number of hydrogen-bond acceptors (Lipinski definition) is 2. The molecule has 0 saturated carbocycles. The van der Waals surface area contributed by atoms with Crippen LogP contribution in [0, 0.1) is 17.2 Å². The molecule has 1 aromatic carbocycles. The van der Waals surface area contributed by atoms with Gasteiger partial charge in [0.1, 0.15) is 0 Å². The van der Waals surface area contributed by atoms with Crippen LogP contribution in [0.5, 0.6) is 0 Å². The van der Waals surface area contributed by atoms with Crippen LogP contribution in [-0.2, 0) is 4.79 Å². The van der Waals surface area contributed by atoms with Gasteiger partial charge in [-0.05, 0) is 36.3 Å². The van der Waals surface area contributed by atoms with Gasteiger partial charge in [-0.15, -0.1) is 0 Å². The Balaban J connectivity index is 3.00. The van der Waals surface area contributed by atoms with Gasteiger partial charge < -0.3 is 4.90 Å². The van der Waals surface area contributed by atoms with E-state index < -0.39 is 0 Å². The average molecular weight is 228 g/mol. The third-order valence-corrected chi connectivity index (χ3v) is 2.30. The van der Waals surface area contributed by atoms with Gasteiger partial charge >= 0.3 is 0 Å². The van der Waals surface area contributed by atoms with E-state index in [1.165, 1.54) is 6.08 Å². The van der Waals surface area contributed by atoms with Crippen LogP contribution in [0.4, 0.5) is 5.69 Å². The maximum absolute atomic E-state index is 11.7. The number of nitrogens with zero attached hydrogens (tertiary/aromatic N) is 2. The number of hydrogen-bond donors (Lipinski definition) is 0. The molecule has 0 saturated heterocycles. The predicted molar refractivity (Wildman–Crippen MR) is 68.5 cm³/mol. The number of carbonyl (C=O) groups is 1. The summed E-state index contributed by atoms with van der Waals surface area (Å²) < 4.78 is 0. The second-order valence-corrected chi connectivity index (χ2v) is 4.21. The quantitative estimate of drug-likeness (QED) is 0.744. The Morgan fingerprint density at radius 3 is 2.47 bits per heavy atom. The first-order valence-corrected chi connectivity index (χ1v) is 5.52. The smallest absolute Gasteiger partial charge is 0.250 e. The van der Waals surface area contributed by atoms with E-state index in [0.29, 0.717) is 18.0 Å². The first kappa shape index (κ1) is 13.0. The van der Waals surface area contributed by atoms with Crippen molar-refractivity contribution < 1.29 is 4.79 Å². The van der Waals surface area contributed by atoms with Crippen LogP contribution in [0.25, 0.3) is 0 Å². The highest BCUT2D eigenvalue weighted by atomic mass is 16.2. The number of benzene rings is 1. The van der Waals surface area contributed by atoms with E-state index in [0.717, 1.165) is 5.69 Å². The van der Waals surface area contributed by atoms with Crippen molar-refractivity contribution >= 4 is 11.6 Å². The van der Waals surface area contributed by atoms with Crippen molar-refractivity contribution in [3.63, 3.8) is 0 Å². The molecule has 1 amide bonds. The molecule has 3 heteroatoms. The Labute approximate surface area is 102 Å². The lowest BCUT2D eigenvalue weighted by atomic mass is 10.1. The second kappa shape index (κ2) is 5.86. The normalized spacial score (nSPS) is 9.76. The molecule has 0 aliphatic heterocycles. The number of carbonyl (C=O) groups excluding carboxylic acids is 1. The minimum absolute atomic E-state index is 0.122. The summed E-state index contributed by atoms with van der Waals surface area (Å²) in [5, 5.41) is 8.72. The van der Waals surface area contributed by atoms with E-state index in [1.807, 2.05) is 13.8 Å². The van der Waals surface area contributed by atoms with Crippen LogP contribution in [-0.4, -0.2) is 12.5 Å². The predicted octanol–water partition coefficient (Wildman–Crippen LogP) is 2.73. The zero-order valence-corrected chi connectivity index (χ0v) is 10.2. The van der Waals surface area contributed by atoms with E-state index in [9.17, 15) is 4.79 Å². The van der Waals surface area contributed by atoms with Crippen LogP contribution in [0.2, 0.25) is 0 Å². The Morgan fingerprint density at radius 2 is 2.06 bits per heavy atom. The summed E-state index contributed by atoms with van der Waals surface area (Å²) in [6, 6.07) is 9.03. The molecule has 0 fully saturated rings. The fraction of sp³-hybridized carbons (Fsp3) is 0.286. The number of anilines is 1. The third kappa shape index (κ3) is 3.46. The van der Waals surface area contributed by atoms with Crippen molar-refractivity contribution in [2.45, 2.75) is 13.8 Å². The average Bonchev–Trinajstić information content (AvgIpc) is 2.35. The molecule has 0 radical (unpaired) electrons. The molecule has 0 spiro atoms. The van der Waals surface area contributed by atoms with E-state index in [2.05, 4.69) is 12.6 Å². The number of rotatable bonds is 4. The van der Waals surface area contributed by atoms with Crippen molar-refractivity contribution in [1.82, 2.24) is 0 Å². The summed E-state index contributed by atoms with van der Waals surface area (Å²) in [6.45, 7) is 8.24. The molecule has 17 heavy (non-hydrogen) atoms. The Morgan fingerprint density at radius 1 is 1.47 bits per heavy atom. The summed E-state index contributed by atoms with van der Waals surface area (Å²) in [4.78, 5) is 13.4. The van der Waals surface area contributed by atoms with Crippen LogP contribution in [0.3, 0.4) is 0 Å². The van der Waals surface area contributed by atoms with Gasteiger partial charge in [0.2, 0.25) is 5.91 Å². The van der Waals surface area contributed by atoms with Crippen molar-refractivity contribution in [3.05, 3.63) is 42.5 Å². The molecule has 0 heterocycles. The number of amides is 1. The van der Waals surface area contributed by atoms with E-state index in [-0.39, 0.29) is 5.91 Å². The molecule has 0 aromatic heterocycles. The van der Waals surface area contributed by atoms with Gasteiger partial charge in [0, 0.05) is 12.2 Å². The molecular formula is C14H16N2O. The van der Waals surface area contributed by atoms with Crippen molar-refractivity contribution in [3.8, 4) is 6.07 Å². The molecule has 0 unspecified atom stereocenters. The maximum Gasteiger partial charge on any atom is 0.250 e. The molecule has 3 nitrogen and oxygen atoms in total. The van der Waals surface area contributed by atoms with Crippen LogP contribution in [0.15, 0.2) is 36.9 Å². The lowest BCUT2D eigenvalue weighted by Crippen LogP contribution is -2.32. The second-order valence-electron chi connectivity index (χ2n) is 4.21. The molecule has 0 aliphatic rings. The summed E-state index contributed by atoms with van der Waals surface area (Å²) in [7, 11) is 0. The van der Waals surface area contributed by atoms with Gasteiger partial charge in [0.05, 0.1) is 11.6 Å². The van der Waals surface area contributed by atoms with Gasteiger partial charge in [0.15, 0.2) is 0 Å². The topological polar surface area (TPSA) is 44.1 Å². The standard InChI is InChI=1S/C14H16N2O/c1-4-14(17)16(10-11(2)3)13-7-5-12(9-15)6-8-13/h4-8,11H,1,10H2,2-3H3. The molecule has 0 aliphatic carbocycles. The van der Waals surface area contributed by atoms with Gasteiger partial charge in [-0.2, -0.15) is 5.26 Å². The fourth-order valence-corrected chi connectivity index (χ4v) is 1.51. The van der Waals surface area contributed by atoms with Crippen LogP contribution < -0.4 is 4.90 Å². The zero-order chi connectivity index (χ0) is 12.8. The van der Waals surface area contributed by atoms with Gasteiger partial charge in [0.25, 0.3) is 0 Å². The van der Waals surface area contributed by atoms with Gasteiger partial charge in [-0.3, -0.25) is 4.79 Å². The van der Waals surface area contributed by atoms with E-state index in [4.69, 9.17) is 5.26 Å². The Kier molecular flexibility index (Phi) is 4.47. The summed E-state index contributed by atoms with van der Waals surface area (Å²) in [5.74, 6) is 0.248. The zero-order valence-electron chi connectivity index (χ0n) is 10.2. The Bertz CT molecular complexity index is 440. The summed E-state index contributed by atoms with van der Waals surface area (Å²) in [6.07, 6.45) is 1.31. The molecular weight excluding hydrogens is 212 g/mol. The SMILES string of the molecule is C=CC(=O)N(CC(C)C)c1ccc(C#N)cc1. The minimum Gasteiger partial charge on any atom is -0.309 e. The molecule has 0 atom stereocenters. The van der Waals surface area contributed by atoms with E-state index >= 15 is 0 Å². The lowest BCUT2D eigenvalue weighted by Gasteiger charge is -2.23. The van der Waals surface area contributed by atoms with Gasteiger partial charge in [-0.25, -0.2) is 0 Å². The lowest BCUT2D eigenvalue weighted by molar-refractivity contribution is -0.114. The molecule has 0 bridgehead atoms. The molecule has 1 rings (SSSR count).